The second-order valence-electron chi connectivity index (χ2n) is 7.22. The highest BCUT2D eigenvalue weighted by Crippen LogP contribution is 2.25. The van der Waals surface area contributed by atoms with E-state index in [0.717, 1.165) is 38.5 Å². The Labute approximate surface area is 176 Å². The average Bonchev–Trinajstić information content (AvgIpc) is 2.76. The minimum atomic E-state index is -0.237. The first-order chi connectivity index (χ1) is 14.6. The van der Waals surface area contributed by atoms with Crippen LogP contribution in [-0.4, -0.2) is 49.5 Å². The number of hydrogen-bond acceptors (Lipinski definition) is 7. The lowest BCUT2D eigenvalue weighted by molar-refractivity contribution is -0.111. The molecule has 2 aliphatic rings. The van der Waals surface area contributed by atoms with Crippen molar-refractivity contribution in [2.24, 2.45) is 28.3 Å². The molecule has 0 saturated carbocycles. The molecule has 8 nitrogen and oxygen atoms in total. The van der Waals surface area contributed by atoms with Crippen LogP contribution in [0.1, 0.15) is 5.56 Å². The van der Waals surface area contributed by atoms with Gasteiger partial charge in [-0.2, -0.15) is 0 Å². The van der Waals surface area contributed by atoms with Gasteiger partial charge in [0.05, 0.1) is 13.2 Å². The van der Waals surface area contributed by atoms with Gasteiger partial charge in [-0.3, -0.25) is 9.69 Å². The Morgan fingerprint density at radius 2 is 2.03 bits per heavy atom. The van der Waals surface area contributed by atoms with E-state index in [1.165, 1.54) is 24.1 Å². The summed E-state index contributed by atoms with van der Waals surface area (Å²) in [4.78, 5) is 18.8. The molecule has 158 valence electrons. The maximum atomic E-state index is 12.3. The van der Waals surface area contributed by atoms with E-state index in [1.807, 2.05) is 24.3 Å². The number of nitrogens with one attached hydrogen (secondary N) is 2. The zero-order valence-corrected chi connectivity index (χ0v) is 16.8. The summed E-state index contributed by atoms with van der Waals surface area (Å²) in [6.07, 6.45) is 9.18. The number of aliphatic imine (C=N–C) groups is 1. The van der Waals surface area contributed by atoms with Crippen LogP contribution in [0.15, 0.2) is 65.1 Å². The van der Waals surface area contributed by atoms with Gasteiger partial charge in [0.25, 0.3) is 0 Å². The molecule has 6 N–H and O–H groups in total. The van der Waals surface area contributed by atoms with E-state index in [-0.39, 0.29) is 17.7 Å². The van der Waals surface area contributed by atoms with Crippen molar-refractivity contribution >= 4 is 24.0 Å². The number of carbonyl (C=O) groups is 1. The van der Waals surface area contributed by atoms with Gasteiger partial charge in [-0.05, 0) is 41.6 Å². The Bertz CT molecular complexity index is 866. The van der Waals surface area contributed by atoms with Crippen LogP contribution in [-0.2, 0) is 16.1 Å². The lowest BCUT2D eigenvalue weighted by atomic mass is 9.85. The summed E-state index contributed by atoms with van der Waals surface area (Å²) < 4.78 is 5.37. The Hall–Kier alpha value is -3.23. The van der Waals surface area contributed by atoms with Crippen molar-refractivity contribution in [3.8, 4) is 0 Å². The Morgan fingerprint density at radius 1 is 1.30 bits per heavy atom. The molecule has 1 saturated heterocycles. The molecule has 2 heterocycles. The summed E-state index contributed by atoms with van der Waals surface area (Å²) in [5.41, 5.74) is 13.9. The first-order valence-electron chi connectivity index (χ1n) is 9.91. The van der Waals surface area contributed by atoms with Gasteiger partial charge in [-0.1, -0.05) is 18.2 Å². The van der Waals surface area contributed by atoms with Crippen LogP contribution in [0, 0.1) is 17.2 Å². The van der Waals surface area contributed by atoms with Crippen molar-refractivity contribution < 1.29 is 9.53 Å². The van der Waals surface area contributed by atoms with Gasteiger partial charge >= 0.3 is 0 Å². The van der Waals surface area contributed by atoms with Crippen molar-refractivity contribution in [3.05, 3.63) is 65.7 Å². The topological polar surface area (TPSA) is 130 Å². The fourth-order valence-electron chi connectivity index (χ4n) is 3.44. The number of benzene rings is 1. The largest absolute Gasteiger partial charge is 0.404 e. The van der Waals surface area contributed by atoms with E-state index in [2.05, 4.69) is 15.2 Å². The lowest BCUT2D eigenvalue weighted by Crippen LogP contribution is -2.35. The molecule has 0 radical (unpaired) electrons. The molecule has 8 heteroatoms. The molecule has 2 unspecified atom stereocenters. The molecule has 0 spiro atoms. The molecule has 1 aromatic rings. The smallest absolute Gasteiger partial charge is 0.248 e. The van der Waals surface area contributed by atoms with Crippen LogP contribution in [0.5, 0.6) is 0 Å². The monoisotopic (exact) mass is 408 g/mol. The molecular weight excluding hydrogens is 380 g/mol. The van der Waals surface area contributed by atoms with Crippen molar-refractivity contribution in [1.82, 2.24) is 4.90 Å². The predicted molar refractivity (Wildman–Crippen MR) is 119 cm³/mol. The first kappa shape index (κ1) is 21.5. The Balaban J connectivity index is 1.57. The second kappa shape index (κ2) is 10.5. The van der Waals surface area contributed by atoms with Crippen LogP contribution in [0.4, 0.5) is 5.69 Å². The highest BCUT2D eigenvalue weighted by Gasteiger charge is 2.22. The van der Waals surface area contributed by atoms with Gasteiger partial charge in [-0.25, -0.2) is 4.99 Å². The van der Waals surface area contributed by atoms with Crippen molar-refractivity contribution in [2.75, 3.05) is 31.6 Å². The summed E-state index contributed by atoms with van der Waals surface area (Å²) in [5.74, 6) is -0.310. The molecule has 0 aliphatic carbocycles. The van der Waals surface area contributed by atoms with Gasteiger partial charge in [0, 0.05) is 49.6 Å². The summed E-state index contributed by atoms with van der Waals surface area (Å²) in [6, 6.07) is 7.85. The predicted octanol–water partition coefficient (Wildman–Crippen LogP) is 1.62. The van der Waals surface area contributed by atoms with Gasteiger partial charge < -0.3 is 26.9 Å². The molecule has 0 aromatic heterocycles. The van der Waals surface area contributed by atoms with Gasteiger partial charge in [-0.15, -0.1) is 0 Å². The fourth-order valence-corrected chi connectivity index (χ4v) is 3.44. The summed E-state index contributed by atoms with van der Waals surface area (Å²) in [5, 5.41) is 10.4. The van der Waals surface area contributed by atoms with E-state index in [9.17, 15) is 4.79 Å². The van der Waals surface area contributed by atoms with Gasteiger partial charge in [0.15, 0.2) is 0 Å². The zero-order valence-electron chi connectivity index (χ0n) is 16.8. The van der Waals surface area contributed by atoms with E-state index in [1.54, 1.807) is 18.4 Å². The van der Waals surface area contributed by atoms with Crippen molar-refractivity contribution in [1.29, 1.82) is 5.41 Å². The molecule has 2 atom stereocenters. The molecule has 30 heavy (non-hydrogen) atoms. The quantitative estimate of drug-likeness (QED) is 0.402. The molecule has 1 aromatic carbocycles. The molecule has 0 bridgehead atoms. The summed E-state index contributed by atoms with van der Waals surface area (Å²) in [6.45, 7) is 4.30. The average molecular weight is 409 g/mol. The lowest BCUT2D eigenvalue weighted by Gasteiger charge is -2.26. The normalized spacial score (nSPS) is 22.7. The fraction of sp³-hybridized carbons (Fsp3) is 0.318. The number of allylic oxidation sites excluding steroid dienone is 3. The minimum absolute atomic E-state index is 0.213. The number of anilines is 1. The van der Waals surface area contributed by atoms with E-state index >= 15 is 0 Å². The molecule has 1 amide bonds. The molecule has 1 fully saturated rings. The minimum Gasteiger partial charge on any atom is -0.404 e. The number of nitrogens with two attached hydrogens (primary N) is 2. The first-order valence-corrected chi connectivity index (χ1v) is 9.91. The molecule has 2 aliphatic heterocycles. The summed E-state index contributed by atoms with van der Waals surface area (Å²) in [7, 11) is 0. The standard InChI is InChI=1S/C22H28N6O2/c23-12-18(13-24)20-11-21(25)26-14-17(20)3-6-22(29)27-19-4-1-16(2-5-19)15-28-7-9-30-10-8-28/h1-6,11-14,17,20,23H,7-10,15,24-25H2,(H,27,29)/b6-3+,18-13+,23-12?. The Morgan fingerprint density at radius 3 is 2.70 bits per heavy atom. The van der Waals surface area contributed by atoms with Crippen LogP contribution in [0.2, 0.25) is 0 Å². The Kier molecular flexibility index (Phi) is 7.53. The van der Waals surface area contributed by atoms with Crippen LogP contribution in [0.25, 0.3) is 0 Å². The number of hydrogen-bond donors (Lipinski definition) is 4. The van der Waals surface area contributed by atoms with E-state index in [4.69, 9.17) is 21.6 Å². The number of rotatable bonds is 7. The number of ether oxygens (including phenoxy) is 1. The number of carbonyl (C=O) groups excluding carboxylic acids is 1. The number of morpholine rings is 1. The maximum Gasteiger partial charge on any atom is 0.248 e. The maximum absolute atomic E-state index is 12.3. The van der Waals surface area contributed by atoms with E-state index in [0.29, 0.717) is 11.4 Å². The van der Waals surface area contributed by atoms with Gasteiger partial charge in [0.1, 0.15) is 5.82 Å². The van der Waals surface area contributed by atoms with E-state index < -0.39 is 0 Å². The third-order valence-corrected chi connectivity index (χ3v) is 5.11. The third kappa shape index (κ3) is 5.88. The zero-order chi connectivity index (χ0) is 21.3. The second-order valence-corrected chi connectivity index (χ2v) is 7.22. The van der Waals surface area contributed by atoms with Crippen molar-refractivity contribution in [3.63, 3.8) is 0 Å². The molecule has 3 rings (SSSR count). The highest BCUT2D eigenvalue weighted by molar-refractivity contribution is 5.99. The van der Waals surface area contributed by atoms with Crippen LogP contribution in [0.3, 0.4) is 0 Å². The third-order valence-electron chi connectivity index (χ3n) is 5.11. The number of amides is 1. The SMILES string of the molecule is N=C/C(=C\N)C1C=C(N)N=CC1/C=C/C(=O)Nc1ccc(CN2CCOCC2)cc1. The number of nitrogens with zero attached hydrogens (tertiary/aromatic N) is 2. The van der Waals surface area contributed by atoms with Crippen molar-refractivity contribution in [2.45, 2.75) is 6.54 Å². The van der Waals surface area contributed by atoms with Crippen LogP contribution >= 0.6 is 0 Å². The summed E-state index contributed by atoms with van der Waals surface area (Å²) >= 11 is 0. The van der Waals surface area contributed by atoms with Gasteiger partial charge in [0.2, 0.25) is 5.91 Å². The highest BCUT2D eigenvalue weighted by atomic mass is 16.5. The van der Waals surface area contributed by atoms with Crippen LogP contribution < -0.4 is 16.8 Å². The molecular formula is C22H28N6O2.